The Balaban J connectivity index is 2.17. The monoisotopic (exact) mass is 223 g/mol. The van der Waals surface area contributed by atoms with Gasteiger partial charge in [0.2, 0.25) is 0 Å². The summed E-state index contributed by atoms with van der Waals surface area (Å²) < 4.78 is 5.15. The van der Waals surface area contributed by atoms with E-state index < -0.39 is 0 Å². The topological polar surface area (TPSA) is 9.23 Å². The molecule has 0 aliphatic heterocycles. The van der Waals surface area contributed by atoms with Crippen molar-refractivity contribution >= 4 is 11.6 Å². The maximum atomic E-state index is 6.11. The zero-order valence-corrected chi connectivity index (χ0v) is 9.81. The highest BCUT2D eigenvalue weighted by molar-refractivity contribution is 6.32. The molecule has 1 saturated carbocycles. The van der Waals surface area contributed by atoms with Gasteiger partial charge < -0.3 is 4.74 Å². The van der Waals surface area contributed by atoms with Crippen LogP contribution in [0.2, 0.25) is 5.02 Å². The lowest BCUT2D eigenvalue weighted by Crippen LogP contribution is -2.05. The maximum Gasteiger partial charge on any atom is 0.137 e. The lowest BCUT2D eigenvalue weighted by molar-refractivity contribution is 0.415. The van der Waals surface area contributed by atoms with Crippen LogP contribution in [0, 0.1) is 5.92 Å². The molecule has 0 spiro atoms. The molecule has 2 heteroatoms. The first-order valence-electron chi connectivity index (χ1n) is 5.50. The van der Waals surface area contributed by atoms with Gasteiger partial charge in [0.1, 0.15) is 5.75 Å². The van der Waals surface area contributed by atoms with Crippen LogP contribution in [0.15, 0.2) is 18.2 Å². The average Bonchev–Trinajstić information content (AvgIpc) is 2.30. The van der Waals surface area contributed by atoms with Crippen molar-refractivity contribution in [3.63, 3.8) is 0 Å². The Hall–Kier alpha value is -0.690. The Bertz CT molecular complexity index is 329. The summed E-state index contributed by atoms with van der Waals surface area (Å²) in [5.74, 6) is 2.31. The third-order valence-corrected chi connectivity index (χ3v) is 3.31. The molecule has 81 valence electrons. The Labute approximate surface area is 96.4 Å². The average molecular weight is 224 g/mol. The van der Waals surface area contributed by atoms with E-state index >= 15 is 0 Å². The molecule has 1 aliphatic carbocycles. The number of hydrogen-bond acceptors (Lipinski definition) is 1. The van der Waals surface area contributed by atoms with E-state index in [9.17, 15) is 0 Å². The molecule has 0 aromatic heterocycles. The van der Waals surface area contributed by atoms with Crippen molar-refractivity contribution in [1.82, 2.24) is 0 Å². The second-order valence-electron chi connectivity index (χ2n) is 4.01. The summed E-state index contributed by atoms with van der Waals surface area (Å²) in [4.78, 5) is 0. The molecule has 0 unspecified atom stereocenters. The van der Waals surface area contributed by atoms with E-state index in [0.29, 0.717) is 5.02 Å². The van der Waals surface area contributed by atoms with Crippen molar-refractivity contribution in [1.29, 1.82) is 0 Å². The van der Waals surface area contributed by atoms with Gasteiger partial charge in [0.05, 0.1) is 12.1 Å². The number of rotatable bonds is 2. The maximum absolute atomic E-state index is 6.11. The predicted molar refractivity (Wildman–Crippen MR) is 63.4 cm³/mol. The van der Waals surface area contributed by atoms with Crippen LogP contribution in [-0.2, 0) is 0 Å². The molecule has 1 aliphatic rings. The summed E-state index contributed by atoms with van der Waals surface area (Å²) in [6.07, 6.45) is 6.46. The molecule has 15 heavy (non-hydrogen) atoms. The molecule has 0 saturated heterocycles. The van der Waals surface area contributed by atoms with E-state index in [1.165, 1.54) is 37.7 Å². The van der Waals surface area contributed by atoms with Crippen molar-refractivity contribution in [2.45, 2.75) is 32.1 Å². The summed E-state index contributed by atoms with van der Waals surface area (Å²) in [7, 11) is 1.65. The Kier molecular flexibility index (Phi) is 3.53. The molecule has 0 amide bonds. The quantitative estimate of drug-likeness (QED) is 0.729. The van der Waals surface area contributed by atoms with Gasteiger partial charge in [0, 0.05) is 5.92 Å². The summed E-state index contributed by atoms with van der Waals surface area (Å²) in [6, 6.07) is 6.10. The van der Waals surface area contributed by atoms with E-state index in [-0.39, 0.29) is 0 Å². The third kappa shape index (κ3) is 2.46. The van der Waals surface area contributed by atoms with Crippen LogP contribution >= 0.6 is 11.6 Å². The second-order valence-corrected chi connectivity index (χ2v) is 4.42. The Morgan fingerprint density at radius 2 is 1.87 bits per heavy atom. The number of ether oxygens (including phenoxy) is 1. The van der Waals surface area contributed by atoms with Gasteiger partial charge in [-0.2, -0.15) is 0 Å². The molecular weight excluding hydrogens is 208 g/mol. The number of benzene rings is 1. The summed E-state index contributed by atoms with van der Waals surface area (Å²) in [6.45, 7) is 0. The fourth-order valence-corrected chi connectivity index (χ4v) is 2.41. The first-order chi connectivity index (χ1) is 7.31. The standard InChI is InChI=1S/C13H16ClO/c1-15-13-8-7-11(9-12(13)14)10-5-3-2-4-6-10/h7-9H,2-6H2,1H3. The normalized spacial score (nSPS) is 17.7. The molecule has 0 heterocycles. The van der Waals surface area contributed by atoms with E-state index in [2.05, 4.69) is 6.07 Å². The minimum Gasteiger partial charge on any atom is -0.495 e. The molecule has 1 aromatic rings. The van der Waals surface area contributed by atoms with Crippen LogP contribution < -0.4 is 4.74 Å². The third-order valence-electron chi connectivity index (χ3n) is 3.02. The fourth-order valence-electron chi connectivity index (χ4n) is 2.15. The lowest BCUT2D eigenvalue weighted by Gasteiger charge is -2.21. The van der Waals surface area contributed by atoms with Gasteiger partial charge in [-0.3, -0.25) is 0 Å². The van der Waals surface area contributed by atoms with E-state index in [0.717, 1.165) is 5.75 Å². The zero-order chi connectivity index (χ0) is 10.7. The predicted octanol–water partition coefficient (Wildman–Crippen LogP) is 4.24. The van der Waals surface area contributed by atoms with Crippen LogP contribution in [0.4, 0.5) is 0 Å². The molecule has 1 radical (unpaired) electrons. The van der Waals surface area contributed by atoms with Crippen LogP contribution in [0.25, 0.3) is 0 Å². The highest BCUT2D eigenvalue weighted by atomic mass is 35.5. The van der Waals surface area contributed by atoms with Gasteiger partial charge in [0.25, 0.3) is 0 Å². The minimum absolute atomic E-state index is 0.716. The highest BCUT2D eigenvalue weighted by Crippen LogP contribution is 2.35. The van der Waals surface area contributed by atoms with Crippen molar-refractivity contribution < 1.29 is 4.74 Å². The Morgan fingerprint density at radius 3 is 2.47 bits per heavy atom. The summed E-state index contributed by atoms with van der Waals surface area (Å²) >= 11 is 6.11. The molecule has 1 fully saturated rings. The Morgan fingerprint density at radius 1 is 1.13 bits per heavy atom. The molecule has 0 atom stereocenters. The van der Waals surface area contributed by atoms with E-state index in [1.807, 2.05) is 12.1 Å². The van der Waals surface area contributed by atoms with Crippen LogP contribution in [0.3, 0.4) is 0 Å². The van der Waals surface area contributed by atoms with Gasteiger partial charge in [-0.15, -0.1) is 0 Å². The highest BCUT2D eigenvalue weighted by Gasteiger charge is 2.16. The van der Waals surface area contributed by atoms with Crippen molar-refractivity contribution in [2.24, 2.45) is 0 Å². The first kappa shape index (κ1) is 10.8. The van der Waals surface area contributed by atoms with Crippen LogP contribution in [0.5, 0.6) is 5.75 Å². The molecule has 1 nitrogen and oxygen atoms in total. The summed E-state index contributed by atoms with van der Waals surface area (Å²) in [5, 5.41) is 0.716. The van der Waals surface area contributed by atoms with Gasteiger partial charge in [-0.1, -0.05) is 36.9 Å². The molecule has 2 rings (SSSR count). The fraction of sp³-hybridized carbons (Fsp3) is 0.462. The van der Waals surface area contributed by atoms with E-state index in [4.69, 9.17) is 16.3 Å². The van der Waals surface area contributed by atoms with Crippen LogP contribution in [0.1, 0.15) is 37.7 Å². The largest absolute Gasteiger partial charge is 0.495 e. The van der Waals surface area contributed by atoms with Crippen molar-refractivity contribution in [3.8, 4) is 5.75 Å². The number of halogens is 1. The number of hydrogen-bond donors (Lipinski definition) is 0. The first-order valence-corrected chi connectivity index (χ1v) is 5.87. The van der Waals surface area contributed by atoms with Crippen molar-refractivity contribution in [2.75, 3.05) is 7.11 Å². The van der Waals surface area contributed by atoms with Gasteiger partial charge in [0.15, 0.2) is 0 Å². The summed E-state index contributed by atoms with van der Waals surface area (Å²) in [5.41, 5.74) is 1.29. The molecular formula is C13H16ClO. The van der Waals surface area contributed by atoms with Gasteiger partial charge >= 0.3 is 0 Å². The lowest BCUT2D eigenvalue weighted by atomic mass is 9.84. The molecule has 1 aromatic carbocycles. The molecule has 0 bridgehead atoms. The SMILES string of the molecule is COc1ccc([C]2CCCCC2)cc1Cl. The minimum atomic E-state index is 0.716. The number of methoxy groups -OCH3 is 1. The van der Waals surface area contributed by atoms with Crippen molar-refractivity contribution in [3.05, 3.63) is 34.7 Å². The van der Waals surface area contributed by atoms with Gasteiger partial charge in [-0.25, -0.2) is 0 Å². The smallest absolute Gasteiger partial charge is 0.137 e. The van der Waals surface area contributed by atoms with Crippen LogP contribution in [-0.4, -0.2) is 7.11 Å². The molecule has 0 N–H and O–H groups in total. The second kappa shape index (κ2) is 4.89. The van der Waals surface area contributed by atoms with Gasteiger partial charge in [-0.05, 0) is 30.5 Å². The van der Waals surface area contributed by atoms with E-state index in [1.54, 1.807) is 13.0 Å². The zero-order valence-electron chi connectivity index (χ0n) is 9.05.